The van der Waals surface area contributed by atoms with Crippen LogP contribution in [0.5, 0.6) is 0 Å². The molecule has 2 aromatic heterocycles. The first-order valence-electron chi connectivity index (χ1n) is 9.69. The molecule has 1 unspecified atom stereocenters. The first-order chi connectivity index (χ1) is 13.1. The Balaban J connectivity index is 1.61. The SMILES string of the molecule is Cc1ccc(-c2[nH]nc(N(C=O)CCC(C)CN3CCCCC3)c2F)cn1. The maximum absolute atomic E-state index is 14.8. The predicted octanol–water partition coefficient (Wildman–Crippen LogP) is 3.39. The zero-order valence-corrected chi connectivity index (χ0v) is 16.1. The van der Waals surface area contributed by atoms with E-state index in [0.717, 1.165) is 31.7 Å². The number of nitrogens with zero attached hydrogens (tertiary/aromatic N) is 4. The van der Waals surface area contributed by atoms with E-state index in [1.807, 2.05) is 13.0 Å². The Hall–Kier alpha value is -2.28. The summed E-state index contributed by atoms with van der Waals surface area (Å²) in [6.07, 6.45) is 6.92. The minimum atomic E-state index is -0.517. The number of halogens is 1. The number of piperidine rings is 1. The van der Waals surface area contributed by atoms with Gasteiger partial charge in [-0.05, 0) is 57.3 Å². The average Bonchev–Trinajstić information content (AvgIpc) is 3.05. The number of aryl methyl sites for hydroxylation is 1. The van der Waals surface area contributed by atoms with Crippen LogP contribution in [-0.2, 0) is 4.79 Å². The zero-order valence-electron chi connectivity index (χ0n) is 16.1. The molecule has 0 aliphatic carbocycles. The third-order valence-electron chi connectivity index (χ3n) is 5.17. The van der Waals surface area contributed by atoms with E-state index in [4.69, 9.17) is 0 Å². The fraction of sp³-hybridized carbons (Fsp3) is 0.550. The van der Waals surface area contributed by atoms with Crippen LogP contribution in [0.1, 0.15) is 38.3 Å². The van der Waals surface area contributed by atoms with Crippen LogP contribution in [0.25, 0.3) is 11.3 Å². The van der Waals surface area contributed by atoms with Crippen molar-refractivity contribution < 1.29 is 9.18 Å². The van der Waals surface area contributed by atoms with Gasteiger partial charge in [0.15, 0.2) is 11.6 Å². The third-order valence-corrected chi connectivity index (χ3v) is 5.17. The normalized spacial score (nSPS) is 16.3. The van der Waals surface area contributed by atoms with Gasteiger partial charge in [0.05, 0.1) is 0 Å². The Morgan fingerprint density at radius 3 is 2.78 bits per heavy atom. The van der Waals surface area contributed by atoms with Gasteiger partial charge in [-0.1, -0.05) is 13.3 Å². The molecule has 1 aliphatic heterocycles. The number of aromatic nitrogens is 3. The number of carbonyl (C=O) groups is 1. The van der Waals surface area contributed by atoms with Gasteiger partial charge >= 0.3 is 0 Å². The summed E-state index contributed by atoms with van der Waals surface area (Å²) in [7, 11) is 0. The quantitative estimate of drug-likeness (QED) is 0.721. The van der Waals surface area contributed by atoms with Crippen LogP contribution in [0.4, 0.5) is 10.2 Å². The number of pyridine rings is 1. The van der Waals surface area contributed by atoms with Crippen LogP contribution in [0.3, 0.4) is 0 Å². The fourth-order valence-electron chi connectivity index (χ4n) is 3.56. The standard InChI is InChI=1S/C20H28FN5O/c1-15(13-25-9-4-3-5-10-25)8-11-26(14-27)20-18(21)19(23-24-20)17-7-6-16(2)22-12-17/h6-7,12,14-15H,3-5,8-11,13H2,1-2H3,(H,23,24). The van der Waals surface area contributed by atoms with Crippen LogP contribution in [-0.4, -0.2) is 52.7 Å². The number of hydrogen-bond acceptors (Lipinski definition) is 4. The fourth-order valence-corrected chi connectivity index (χ4v) is 3.56. The summed E-state index contributed by atoms with van der Waals surface area (Å²) in [4.78, 5) is 19.6. The average molecular weight is 373 g/mol. The largest absolute Gasteiger partial charge is 0.303 e. The zero-order chi connectivity index (χ0) is 19.2. The second-order valence-corrected chi connectivity index (χ2v) is 7.48. The number of amides is 1. The Labute approximate surface area is 159 Å². The van der Waals surface area contributed by atoms with E-state index in [9.17, 15) is 9.18 Å². The van der Waals surface area contributed by atoms with Crippen LogP contribution in [0.15, 0.2) is 18.3 Å². The van der Waals surface area contributed by atoms with Gasteiger partial charge in [-0.2, -0.15) is 5.10 Å². The Morgan fingerprint density at radius 1 is 1.33 bits per heavy atom. The van der Waals surface area contributed by atoms with Crippen molar-refractivity contribution >= 4 is 12.2 Å². The maximum Gasteiger partial charge on any atom is 0.215 e. The molecule has 146 valence electrons. The van der Waals surface area contributed by atoms with Crippen molar-refractivity contribution in [2.75, 3.05) is 31.1 Å². The molecule has 1 fully saturated rings. The van der Waals surface area contributed by atoms with Crippen molar-refractivity contribution in [3.05, 3.63) is 29.8 Å². The van der Waals surface area contributed by atoms with Crippen molar-refractivity contribution in [1.29, 1.82) is 0 Å². The van der Waals surface area contributed by atoms with Crippen LogP contribution >= 0.6 is 0 Å². The highest BCUT2D eigenvalue weighted by Gasteiger charge is 2.21. The van der Waals surface area contributed by atoms with Crippen LogP contribution in [0.2, 0.25) is 0 Å². The lowest BCUT2D eigenvalue weighted by atomic mass is 10.0. The first-order valence-corrected chi connectivity index (χ1v) is 9.69. The third kappa shape index (κ3) is 4.91. The van der Waals surface area contributed by atoms with E-state index in [2.05, 4.69) is 27.0 Å². The second-order valence-electron chi connectivity index (χ2n) is 7.48. The van der Waals surface area contributed by atoms with E-state index in [1.54, 1.807) is 12.3 Å². The molecular weight excluding hydrogens is 345 g/mol. The van der Waals surface area contributed by atoms with Gasteiger partial charge in [-0.15, -0.1) is 0 Å². The summed E-state index contributed by atoms with van der Waals surface area (Å²) < 4.78 is 14.8. The van der Waals surface area contributed by atoms with Gasteiger partial charge in [0.25, 0.3) is 0 Å². The molecule has 0 spiro atoms. The number of H-pyrrole nitrogens is 1. The van der Waals surface area contributed by atoms with E-state index in [-0.39, 0.29) is 11.5 Å². The molecule has 2 aromatic rings. The van der Waals surface area contributed by atoms with E-state index < -0.39 is 5.82 Å². The van der Waals surface area contributed by atoms with Crippen molar-refractivity contribution in [3.63, 3.8) is 0 Å². The number of aromatic amines is 1. The van der Waals surface area contributed by atoms with Crippen molar-refractivity contribution in [2.45, 2.75) is 39.5 Å². The monoisotopic (exact) mass is 373 g/mol. The molecule has 3 rings (SSSR count). The van der Waals surface area contributed by atoms with Crippen LogP contribution < -0.4 is 4.90 Å². The summed E-state index contributed by atoms with van der Waals surface area (Å²) >= 11 is 0. The Kier molecular flexibility index (Phi) is 6.55. The lowest BCUT2D eigenvalue weighted by Gasteiger charge is -2.29. The molecule has 1 aliphatic rings. The highest BCUT2D eigenvalue weighted by molar-refractivity contribution is 5.76. The second kappa shape index (κ2) is 9.08. The van der Waals surface area contributed by atoms with Gasteiger partial charge in [0.2, 0.25) is 6.41 Å². The molecule has 0 aromatic carbocycles. The van der Waals surface area contributed by atoms with Gasteiger partial charge in [0.1, 0.15) is 5.69 Å². The highest BCUT2D eigenvalue weighted by atomic mass is 19.1. The lowest BCUT2D eigenvalue weighted by Crippen LogP contribution is -2.35. The predicted molar refractivity (Wildman–Crippen MR) is 104 cm³/mol. The van der Waals surface area contributed by atoms with E-state index >= 15 is 0 Å². The van der Waals surface area contributed by atoms with Gasteiger partial charge < -0.3 is 4.90 Å². The van der Waals surface area contributed by atoms with Crippen LogP contribution in [0, 0.1) is 18.7 Å². The maximum atomic E-state index is 14.8. The number of hydrogen-bond donors (Lipinski definition) is 1. The Bertz CT molecular complexity index is 739. The topological polar surface area (TPSA) is 65.1 Å². The summed E-state index contributed by atoms with van der Waals surface area (Å²) in [6.45, 7) is 7.84. The van der Waals surface area contributed by atoms with Gasteiger partial charge in [-0.25, -0.2) is 4.39 Å². The number of rotatable bonds is 8. The van der Waals surface area contributed by atoms with E-state index in [1.165, 1.54) is 24.2 Å². The molecule has 1 N–H and O–H groups in total. The molecular formula is C20H28FN5O. The molecule has 0 bridgehead atoms. The number of carbonyl (C=O) groups excluding carboxylic acids is 1. The number of nitrogens with one attached hydrogen (secondary N) is 1. The number of anilines is 1. The van der Waals surface area contributed by atoms with Crippen molar-refractivity contribution in [1.82, 2.24) is 20.1 Å². The molecule has 7 heteroatoms. The molecule has 3 heterocycles. The minimum absolute atomic E-state index is 0.0470. The smallest absolute Gasteiger partial charge is 0.215 e. The Morgan fingerprint density at radius 2 is 2.11 bits per heavy atom. The molecule has 1 saturated heterocycles. The van der Waals surface area contributed by atoms with Gasteiger partial charge in [0, 0.05) is 30.5 Å². The molecule has 1 amide bonds. The van der Waals surface area contributed by atoms with Crippen molar-refractivity contribution in [3.8, 4) is 11.3 Å². The summed E-state index contributed by atoms with van der Waals surface area (Å²) in [5, 5.41) is 6.74. The first kappa shape index (κ1) is 19.5. The highest BCUT2D eigenvalue weighted by Crippen LogP contribution is 2.27. The van der Waals surface area contributed by atoms with Crippen molar-refractivity contribution in [2.24, 2.45) is 5.92 Å². The molecule has 0 radical (unpaired) electrons. The van der Waals surface area contributed by atoms with E-state index in [0.29, 0.717) is 24.4 Å². The lowest BCUT2D eigenvalue weighted by molar-refractivity contribution is -0.107. The van der Waals surface area contributed by atoms with Gasteiger partial charge in [-0.3, -0.25) is 19.8 Å². The minimum Gasteiger partial charge on any atom is -0.303 e. The summed E-state index contributed by atoms with van der Waals surface area (Å²) in [6, 6.07) is 3.60. The number of likely N-dealkylation sites (tertiary alicyclic amines) is 1. The molecule has 1 atom stereocenters. The molecule has 27 heavy (non-hydrogen) atoms. The summed E-state index contributed by atoms with van der Waals surface area (Å²) in [5.74, 6) is -0.0319. The summed E-state index contributed by atoms with van der Waals surface area (Å²) in [5.41, 5.74) is 1.72. The molecule has 0 saturated carbocycles. The molecule has 6 nitrogen and oxygen atoms in total.